The second-order valence-corrected chi connectivity index (χ2v) is 7.31. The molecular weight excluding hydrogens is 286 g/mol. The topological polar surface area (TPSA) is 57.6 Å². The highest BCUT2D eigenvalue weighted by atomic mass is 35.5. The van der Waals surface area contributed by atoms with Crippen LogP contribution >= 0.6 is 11.6 Å². The number of aliphatic hydroxyl groups is 1. The van der Waals surface area contributed by atoms with E-state index in [2.05, 4.69) is 0 Å². The van der Waals surface area contributed by atoms with Crippen LogP contribution in [-0.4, -0.2) is 37.0 Å². The largest absolute Gasteiger partial charge is 0.393 e. The van der Waals surface area contributed by atoms with E-state index in [4.69, 9.17) is 11.6 Å². The number of piperidine rings is 1. The molecule has 0 aromatic heterocycles. The van der Waals surface area contributed by atoms with Crippen molar-refractivity contribution < 1.29 is 13.5 Å². The first kappa shape index (κ1) is 14.8. The van der Waals surface area contributed by atoms with Crippen molar-refractivity contribution in [2.45, 2.75) is 30.8 Å². The van der Waals surface area contributed by atoms with Crippen LogP contribution in [0.1, 0.15) is 19.8 Å². The summed E-state index contributed by atoms with van der Waals surface area (Å²) >= 11 is 5.84. The number of hydrogen-bond acceptors (Lipinski definition) is 3. The highest BCUT2D eigenvalue weighted by Gasteiger charge is 2.30. The smallest absolute Gasteiger partial charge is 0.243 e. The number of benzene rings is 1. The zero-order valence-corrected chi connectivity index (χ0v) is 12.4. The van der Waals surface area contributed by atoms with Crippen molar-refractivity contribution in [2.24, 2.45) is 5.92 Å². The minimum atomic E-state index is -3.47. The fraction of sp³-hybridized carbons (Fsp3) is 0.538. The number of aliphatic hydroxyl groups excluding tert-OH is 1. The van der Waals surface area contributed by atoms with E-state index in [-0.39, 0.29) is 16.9 Å². The fourth-order valence-electron chi connectivity index (χ4n) is 2.38. The Bertz CT molecular complexity index is 537. The number of rotatable bonds is 3. The van der Waals surface area contributed by atoms with Crippen LogP contribution in [-0.2, 0) is 10.0 Å². The monoisotopic (exact) mass is 303 g/mol. The summed E-state index contributed by atoms with van der Waals surface area (Å²) in [5.74, 6) is 0.186. The quantitative estimate of drug-likeness (QED) is 0.930. The van der Waals surface area contributed by atoms with Crippen LogP contribution in [0.4, 0.5) is 0 Å². The minimum absolute atomic E-state index is 0.186. The summed E-state index contributed by atoms with van der Waals surface area (Å²) < 4.78 is 26.3. The van der Waals surface area contributed by atoms with Crippen LogP contribution < -0.4 is 0 Å². The third-order valence-electron chi connectivity index (χ3n) is 3.61. The van der Waals surface area contributed by atoms with E-state index >= 15 is 0 Å². The Kier molecular flexibility index (Phi) is 4.50. The maximum absolute atomic E-state index is 12.4. The van der Waals surface area contributed by atoms with Crippen LogP contribution in [0.3, 0.4) is 0 Å². The Hall–Kier alpha value is -0.620. The molecule has 1 atom stereocenters. The first-order valence-corrected chi connectivity index (χ1v) is 8.17. The summed E-state index contributed by atoms with van der Waals surface area (Å²) in [5, 5.41) is 9.95. The Balaban J connectivity index is 2.14. The molecule has 4 nitrogen and oxygen atoms in total. The van der Waals surface area contributed by atoms with E-state index in [1.54, 1.807) is 25.1 Å². The van der Waals surface area contributed by atoms with E-state index in [1.807, 2.05) is 0 Å². The van der Waals surface area contributed by atoms with E-state index in [1.165, 1.54) is 10.4 Å². The highest BCUT2D eigenvalue weighted by Crippen LogP contribution is 2.26. The molecule has 0 aliphatic carbocycles. The van der Waals surface area contributed by atoms with Crippen molar-refractivity contribution in [1.82, 2.24) is 4.31 Å². The van der Waals surface area contributed by atoms with Gasteiger partial charge in [0.2, 0.25) is 10.0 Å². The second-order valence-electron chi connectivity index (χ2n) is 4.94. The number of sulfonamides is 1. The van der Waals surface area contributed by atoms with Gasteiger partial charge in [-0.2, -0.15) is 4.31 Å². The third kappa shape index (κ3) is 3.28. The van der Waals surface area contributed by atoms with Crippen molar-refractivity contribution in [3.05, 3.63) is 29.3 Å². The number of hydrogen-bond donors (Lipinski definition) is 1. The van der Waals surface area contributed by atoms with Gasteiger partial charge in [0, 0.05) is 18.1 Å². The number of halogens is 1. The second kappa shape index (κ2) is 5.79. The summed E-state index contributed by atoms with van der Waals surface area (Å²) in [5.41, 5.74) is 0. The average molecular weight is 304 g/mol. The molecule has 1 saturated heterocycles. The van der Waals surface area contributed by atoms with E-state index < -0.39 is 10.0 Å². The standard InChI is InChI=1S/C13H18ClNO3S/c1-10(16)11-5-7-15(8-6-11)19(17,18)13-4-2-3-12(14)9-13/h2-4,9-11,16H,5-8H2,1H3. The summed E-state index contributed by atoms with van der Waals surface area (Å²) in [6.45, 7) is 2.65. The molecule has 0 spiro atoms. The molecule has 106 valence electrons. The molecule has 1 aromatic rings. The molecule has 1 aromatic carbocycles. The van der Waals surface area contributed by atoms with Gasteiger partial charge in [-0.25, -0.2) is 8.42 Å². The Morgan fingerprint density at radius 1 is 1.37 bits per heavy atom. The van der Waals surface area contributed by atoms with Crippen LogP contribution in [0.25, 0.3) is 0 Å². The average Bonchev–Trinajstić information content (AvgIpc) is 2.39. The summed E-state index contributed by atoms with van der Waals surface area (Å²) in [7, 11) is -3.47. The van der Waals surface area contributed by atoms with Crippen LogP contribution in [0, 0.1) is 5.92 Å². The maximum atomic E-state index is 12.4. The Labute approximate surface area is 119 Å². The first-order chi connectivity index (χ1) is 8.91. The van der Waals surface area contributed by atoms with Crippen molar-refractivity contribution >= 4 is 21.6 Å². The normalized spacial score (nSPS) is 20.4. The number of nitrogens with zero attached hydrogens (tertiary/aromatic N) is 1. The van der Waals surface area contributed by atoms with Gasteiger partial charge in [0.15, 0.2) is 0 Å². The van der Waals surface area contributed by atoms with Crippen LogP contribution in [0.15, 0.2) is 29.2 Å². The van der Waals surface area contributed by atoms with Gasteiger partial charge in [-0.3, -0.25) is 0 Å². The zero-order valence-electron chi connectivity index (χ0n) is 10.8. The molecule has 1 heterocycles. The maximum Gasteiger partial charge on any atom is 0.243 e. The molecule has 0 bridgehead atoms. The van der Waals surface area contributed by atoms with E-state index in [0.717, 1.165) is 0 Å². The lowest BCUT2D eigenvalue weighted by Crippen LogP contribution is -2.40. The molecular formula is C13H18ClNO3S. The predicted octanol–water partition coefficient (Wildman–Crippen LogP) is 2.12. The predicted molar refractivity (Wildman–Crippen MR) is 74.6 cm³/mol. The molecule has 1 N–H and O–H groups in total. The molecule has 1 aliphatic heterocycles. The lowest BCUT2D eigenvalue weighted by molar-refractivity contribution is 0.0912. The van der Waals surface area contributed by atoms with Crippen LogP contribution in [0.5, 0.6) is 0 Å². The summed E-state index contributed by atoms with van der Waals surface area (Å²) in [4.78, 5) is 0.232. The zero-order chi connectivity index (χ0) is 14.0. The van der Waals surface area contributed by atoms with E-state index in [9.17, 15) is 13.5 Å². The van der Waals surface area contributed by atoms with Gasteiger partial charge in [0.05, 0.1) is 11.0 Å². The van der Waals surface area contributed by atoms with Gasteiger partial charge in [0.25, 0.3) is 0 Å². The Morgan fingerprint density at radius 3 is 2.53 bits per heavy atom. The van der Waals surface area contributed by atoms with Crippen molar-refractivity contribution in [3.8, 4) is 0 Å². The molecule has 19 heavy (non-hydrogen) atoms. The molecule has 0 radical (unpaired) electrons. The van der Waals surface area contributed by atoms with Gasteiger partial charge in [-0.05, 0) is 43.9 Å². The van der Waals surface area contributed by atoms with Crippen molar-refractivity contribution in [2.75, 3.05) is 13.1 Å². The molecule has 6 heteroatoms. The minimum Gasteiger partial charge on any atom is -0.393 e. The molecule has 1 aliphatic rings. The van der Waals surface area contributed by atoms with E-state index in [0.29, 0.717) is 31.0 Å². The van der Waals surface area contributed by atoms with Gasteiger partial charge >= 0.3 is 0 Å². The summed E-state index contributed by atoms with van der Waals surface area (Å²) in [6, 6.07) is 6.32. The van der Waals surface area contributed by atoms with Crippen LogP contribution in [0.2, 0.25) is 5.02 Å². The van der Waals surface area contributed by atoms with Gasteiger partial charge < -0.3 is 5.11 Å². The van der Waals surface area contributed by atoms with Crippen molar-refractivity contribution in [1.29, 1.82) is 0 Å². The molecule has 1 fully saturated rings. The lowest BCUT2D eigenvalue weighted by atomic mass is 9.93. The third-order valence-corrected chi connectivity index (χ3v) is 5.74. The van der Waals surface area contributed by atoms with Gasteiger partial charge in [-0.15, -0.1) is 0 Å². The first-order valence-electron chi connectivity index (χ1n) is 6.35. The SMILES string of the molecule is CC(O)C1CCN(S(=O)(=O)c2cccc(Cl)c2)CC1. The highest BCUT2D eigenvalue weighted by molar-refractivity contribution is 7.89. The lowest BCUT2D eigenvalue weighted by Gasteiger charge is -2.32. The summed E-state index contributed by atoms with van der Waals surface area (Å²) in [6.07, 6.45) is 1.01. The van der Waals surface area contributed by atoms with Gasteiger partial charge in [0.1, 0.15) is 0 Å². The molecule has 2 rings (SSSR count). The van der Waals surface area contributed by atoms with Crippen molar-refractivity contribution in [3.63, 3.8) is 0 Å². The molecule has 0 amide bonds. The Morgan fingerprint density at radius 2 is 2.00 bits per heavy atom. The molecule has 1 unspecified atom stereocenters. The molecule has 0 saturated carbocycles. The fourth-order valence-corrected chi connectivity index (χ4v) is 4.15. The van der Waals surface area contributed by atoms with Gasteiger partial charge in [-0.1, -0.05) is 17.7 Å².